The highest BCUT2D eigenvalue weighted by molar-refractivity contribution is 5.25. The summed E-state index contributed by atoms with van der Waals surface area (Å²) in [5.41, 5.74) is 20.1. The molecule has 0 bridgehead atoms. The Morgan fingerprint density at radius 1 is 1.03 bits per heavy atom. The number of hydrogen-bond acceptors (Lipinski definition) is 4. The van der Waals surface area contributed by atoms with Gasteiger partial charge in [-0.2, -0.15) is 0 Å². The minimum atomic E-state index is -1.05. The number of hydrogen-bond donors (Lipinski definition) is 4. The van der Waals surface area contributed by atoms with Crippen LogP contribution < -0.4 is 17.2 Å². The van der Waals surface area contributed by atoms with Gasteiger partial charge in [0.2, 0.25) is 0 Å². The number of allylic oxidation sites excluding steroid dienone is 1. The zero-order valence-corrected chi connectivity index (χ0v) is 20.6. The molecule has 1 unspecified atom stereocenters. The van der Waals surface area contributed by atoms with Crippen molar-refractivity contribution >= 4 is 0 Å². The highest BCUT2D eigenvalue weighted by Gasteiger charge is 2.59. The maximum atomic E-state index is 10.2. The quantitative estimate of drug-likeness (QED) is 0.355. The summed E-state index contributed by atoms with van der Waals surface area (Å²) < 4.78 is 0. The second-order valence-electron chi connectivity index (χ2n) is 12.7. The maximum absolute atomic E-state index is 10.2. The number of aliphatic hydroxyl groups is 1. The highest BCUT2D eigenvalue weighted by Crippen LogP contribution is 2.67. The molecule has 4 heteroatoms. The molecule has 0 heterocycles. The van der Waals surface area contributed by atoms with E-state index in [4.69, 9.17) is 17.2 Å². The predicted molar refractivity (Wildman–Crippen MR) is 129 cm³/mol. The first-order valence-electron chi connectivity index (χ1n) is 13.2. The maximum Gasteiger partial charge on any atom is 0.118 e. The number of nitrogens with two attached hydrogens (primary N) is 3. The molecule has 9 atom stereocenters. The van der Waals surface area contributed by atoms with Crippen molar-refractivity contribution in [3.05, 3.63) is 11.6 Å². The van der Waals surface area contributed by atoms with Crippen LogP contribution in [0.15, 0.2) is 11.6 Å². The molecule has 0 saturated heterocycles. The molecule has 4 rings (SSSR count). The SMILES string of the molecule is CC(CCC[C@@H](C)[C@H]1CC[C@H]2[C@@H]3CC=C4C[C@@H](O)CC[C@]4(C)[C@H]3CC[C@]12C)C(N)(N)N. The monoisotopic (exact) mass is 431 g/mol. The van der Waals surface area contributed by atoms with E-state index in [1.807, 2.05) is 0 Å². The van der Waals surface area contributed by atoms with Crippen LogP contribution in [0.3, 0.4) is 0 Å². The number of aliphatic hydroxyl groups excluding tert-OH is 1. The van der Waals surface area contributed by atoms with Crippen LogP contribution in [0.4, 0.5) is 0 Å². The molecule has 4 nitrogen and oxygen atoms in total. The molecular formula is C27H49N3O. The highest BCUT2D eigenvalue weighted by atomic mass is 16.3. The molecule has 3 fully saturated rings. The van der Waals surface area contributed by atoms with Crippen molar-refractivity contribution < 1.29 is 5.11 Å². The Morgan fingerprint density at radius 2 is 1.77 bits per heavy atom. The summed E-state index contributed by atoms with van der Waals surface area (Å²) >= 11 is 0. The summed E-state index contributed by atoms with van der Waals surface area (Å²) in [4.78, 5) is 0. The van der Waals surface area contributed by atoms with Crippen molar-refractivity contribution in [2.75, 3.05) is 0 Å². The van der Waals surface area contributed by atoms with Crippen molar-refractivity contribution in [1.82, 2.24) is 0 Å². The minimum Gasteiger partial charge on any atom is -0.393 e. The molecule has 0 spiro atoms. The zero-order chi connectivity index (χ0) is 22.6. The normalized spacial score (nSPS) is 44.6. The summed E-state index contributed by atoms with van der Waals surface area (Å²) in [6.07, 6.45) is 15.9. The van der Waals surface area contributed by atoms with E-state index in [1.54, 1.807) is 5.57 Å². The molecule has 0 aromatic carbocycles. The van der Waals surface area contributed by atoms with Crippen LogP contribution in [0.5, 0.6) is 0 Å². The molecular weight excluding hydrogens is 382 g/mol. The molecule has 0 amide bonds. The summed E-state index contributed by atoms with van der Waals surface area (Å²) in [6.45, 7) is 9.75. The van der Waals surface area contributed by atoms with E-state index >= 15 is 0 Å². The van der Waals surface area contributed by atoms with Gasteiger partial charge in [-0.05, 0) is 98.2 Å². The molecule has 178 valence electrons. The molecule has 4 aliphatic rings. The van der Waals surface area contributed by atoms with Crippen LogP contribution in [0.2, 0.25) is 0 Å². The molecule has 0 aromatic heterocycles. The van der Waals surface area contributed by atoms with Crippen molar-refractivity contribution in [3.63, 3.8) is 0 Å². The van der Waals surface area contributed by atoms with Crippen molar-refractivity contribution in [3.8, 4) is 0 Å². The lowest BCUT2D eigenvalue weighted by Gasteiger charge is -2.58. The fourth-order valence-corrected chi connectivity index (χ4v) is 8.81. The number of fused-ring (bicyclic) bond motifs is 5. The van der Waals surface area contributed by atoms with Crippen molar-refractivity contribution in [1.29, 1.82) is 0 Å². The van der Waals surface area contributed by atoms with Crippen LogP contribution in [-0.2, 0) is 0 Å². The van der Waals surface area contributed by atoms with Gasteiger partial charge in [0.15, 0.2) is 0 Å². The lowest BCUT2D eigenvalue weighted by atomic mass is 9.47. The van der Waals surface area contributed by atoms with E-state index in [-0.39, 0.29) is 12.0 Å². The Kier molecular flexibility index (Phi) is 6.44. The van der Waals surface area contributed by atoms with Crippen LogP contribution in [0, 0.1) is 46.3 Å². The molecule has 31 heavy (non-hydrogen) atoms. The summed E-state index contributed by atoms with van der Waals surface area (Å²) in [6, 6.07) is 0. The molecule has 0 aliphatic heterocycles. The van der Waals surface area contributed by atoms with Gasteiger partial charge >= 0.3 is 0 Å². The standard InChI is InChI=1S/C27H49N3O/c1-17(6-5-7-18(2)27(28,29)30)22-10-11-23-21-9-8-19-16-20(31)12-14-25(19,3)24(21)13-15-26(22,23)4/h8,17-18,20-24,31H,5-7,9-16,28-30H2,1-4H3/t17-,18?,20+,21+,22-,23+,24+,25+,26-/m1/s1. The van der Waals surface area contributed by atoms with E-state index in [0.29, 0.717) is 10.8 Å². The van der Waals surface area contributed by atoms with Gasteiger partial charge in [0.05, 0.1) is 6.10 Å². The summed E-state index contributed by atoms with van der Waals surface area (Å²) in [5, 5.41) is 10.2. The Hall–Kier alpha value is -0.420. The third kappa shape index (κ3) is 4.16. The minimum absolute atomic E-state index is 0.105. The summed E-state index contributed by atoms with van der Waals surface area (Å²) in [5.74, 6) is 3.27. The van der Waals surface area contributed by atoms with Gasteiger partial charge < -0.3 is 22.3 Å². The first-order chi connectivity index (χ1) is 14.5. The Morgan fingerprint density at radius 3 is 2.48 bits per heavy atom. The first-order valence-corrected chi connectivity index (χ1v) is 13.2. The van der Waals surface area contributed by atoms with E-state index in [2.05, 4.69) is 33.8 Å². The van der Waals surface area contributed by atoms with Gasteiger partial charge in [-0.3, -0.25) is 0 Å². The van der Waals surface area contributed by atoms with E-state index in [1.165, 1.54) is 51.4 Å². The van der Waals surface area contributed by atoms with Gasteiger partial charge in [0.1, 0.15) is 5.79 Å². The topological polar surface area (TPSA) is 98.3 Å². The van der Waals surface area contributed by atoms with Crippen LogP contribution in [0.25, 0.3) is 0 Å². The van der Waals surface area contributed by atoms with Crippen LogP contribution in [0.1, 0.15) is 98.3 Å². The Bertz CT molecular complexity index is 684. The van der Waals surface area contributed by atoms with Gasteiger partial charge in [-0.15, -0.1) is 0 Å². The van der Waals surface area contributed by atoms with Crippen molar-refractivity contribution in [2.24, 2.45) is 63.5 Å². The lowest BCUT2D eigenvalue weighted by molar-refractivity contribution is -0.0573. The Balaban J connectivity index is 1.42. The van der Waals surface area contributed by atoms with E-state index < -0.39 is 5.79 Å². The molecule has 0 radical (unpaired) electrons. The van der Waals surface area contributed by atoms with Gasteiger partial charge in [0, 0.05) is 5.92 Å². The fraction of sp³-hybridized carbons (Fsp3) is 0.926. The van der Waals surface area contributed by atoms with Crippen LogP contribution >= 0.6 is 0 Å². The van der Waals surface area contributed by atoms with Gasteiger partial charge in [-0.1, -0.05) is 52.2 Å². The lowest BCUT2D eigenvalue weighted by Crippen LogP contribution is -2.62. The van der Waals surface area contributed by atoms with Gasteiger partial charge in [-0.25, -0.2) is 0 Å². The van der Waals surface area contributed by atoms with Gasteiger partial charge in [0.25, 0.3) is 0 Å². The third-order valence-corrected chi connectivity index (χ3v) is 11.0. The Labute approximate surface area is 190 Å². The predicted octanol–water partition coefficient (Wildman–Crippen LogP) is 4.90. The second-order valence-corrected chi connectivity index (χ2v) is 12.7. The van der Waals surface area contributed by atoms with Crippen molar-refractivity contribution in [2.45, 2.75) is 110 Å². The number of rotatable bonds is 6. The second kappa shape index (κ2) is 8.42. The average molecular weight is 432 g/mol. The molecule has 7 N–H and O–H groups in total. The summed E-state index contributed by atoms with van der Waals surface area (Å²) in [7, 11) is 0. The third-order valence-electron chi connectivity index (χ3n) is 11.0. The smallest absolute Gasteiger partial charge is 0.118 e. The average Bonchev–Trinajstić information content (AvgIpc) is 3.05. The fourth-order valence-electron chi connectivity index (χ4n) is 8.81. The molecule has 3 saturated carbocycles. The van der Waals surface area contributed by atoms with Crippen LogP contribution in [-0.4, -0.2) is 17.0 Å². The zero-order valence-electron chi connectivity index (χ0n) is 20.6. The largest absolute Gasteiger partial charge is 0.393 e. The first kappa shape index (κ1) is 23.7. The van der Waals surface area contributed by atoms with E-state index in [9.17, 15) is 5.11 Å². The molecule has 0 aromatic rings. The van der Waals surface area contributed by atoms with E-state index in [0.717, 1.165) is 48.9 Å². The molecule has 4 aliphatic carbocycles.